The van der Waals surface area contributed by atoms with Crippen LogP contribution in [0.25, 0.3) is 0 Å². The molecule has 0 rings (SSSR count). The average Bonchev–Trinajstić information content (AvgIpc) is 2.52. The molecule has 0 heterocycles. The van der Waals surface area contributed by atoms with Crippen molar-refractivity contribution in [3.8, 4) is 0 Å². The third-order valence-electron chi connectivity index (χ3n) is 4.33. The molecule has 0 bridgehead atoms. The van der Waals surface area contributed by atoms with E-state index in [-0.39, 0.29) is 11.6 Å². The lowest BCUT2D eigenvalue weighted by molar-refractivity contribution is -0.167. The quantitative estimate of drug-likeness (QED) is 0.185. The highest BCUT2D eigenvalue weighted by Crippen LogP contribution is 2.56. The van der Waals surface area contributed by atoms with E-state index in [2.05, 4.69) is 13.8 Å². The van der Waals surface area contributed by atoms with Gasteiger partial charge in [-0.05, 0) is 24.6 Å². The molecule has 0 spiro atoms. The van der Waals surface area contributed by atoms with Crippen LogP contribution in [0.2, 0.25) is 18.1 Å². The van der Waals surface area contributed by atoms with E-state index in [0.717, 1.165) is 7.11 Å². The maximum Gasteiger partial charge on any atom is 0.412 e. The van der Waals surface area contributed by atoms with Crippen molar-refractivity contribution < 1.29 is 53.9 Å². The van der Waals surface area contributed by atoms with Gasteiger partial charge in [0.05, 0.1) is 7.11 Å². The van der Waals surface area contributed by atoms with Crippen LogP contribution >= 0.6 is 7.60 Å². The Kier molecular flexibility index (Phi) is 9.91. The Balaban J connectivity index is 5.60. The first-order valence-corrected chi connectivity index (χ1v) is 13.0. The number of ether oxygens (including phenoxy) is 1. The lowest BCUT2D eigenvalue weighted by Crippen LogP contribution is -2.41. The highest BCUT2D eigenvalue weighted by atomic mass is 31.2. The molecule has 0 aliphatic carbocycles. The van der Waals surface area contributed by atoms with E-state index in [4.69, 9.17) is 4.43 Å². The number of halogens is 6. The molecule has 1 unspecified atom stereocenters. The van der Waals surface area contributed by atoms with E-state index < -0.39 is 59.5 Å². The molecule has 1 atom stereocenters. The smallest absolute Gasteiger partial charge is 0.412 e. The van der Waals surface area contributed by atoms with Crippen LogP contribution in [0.5, 0.6) is 0 Å². The second kappa shape index (κ2) is 10.1. The molecule has 0 saturated heterocycles. The van der Waals surface area contributed by atoms with Gasteiger partial charge >= 0.3 is 25.9 Å². The van der Waals surface area contributed by atoms with Gasteiger partial charge in [-0.1, -0.05) is 20.8 Å². The number of hydrogen-bond acceptors (Lipinski definition) is 6. The highest BCUT2D eigenvalue weighted by molar-refractivity contribution is 7.55. The van der Waals surface area contributed by atoms with E-state index in [1.54, 1.807) is 0 Å². The minimum absolute atomic E-state index is 0.253. The lowest BCUT2D eigenvalue weighted by Gasteiger charge is -2.36. The number of carbonyl (C=O) groups is 1. The SMILES string of the molecule is COC(=O)C(CCO[Si](C)(C)C(C)(C)C)P(=O)(OCC(F)(F)F)OCC(F)(F)F. The fourth-order valence-electron chi connectivity index (χ4n) is 1.73. The lowest BCUT2D eigenvalue weighted by atomic mass is 10.2. The standard InChI is InChI=1S/C15H27F6O6PSi/c1-13(2,3)29(5,6)27-8-7-11(12(22)24-4)28(23,25-9-14(16,17)18)26-10-15(19,20)21/h11H,7-10H2,1-6H3. The van der Waals surface area contributed by atoms with Crippen LogP contribution in [-0.2, 0) is 27.6 Å². The summed E-state index contributed by atoms with van der Waals surface area (Å²) in [6, 6.07) is 0. The summed E-state index contributed by atoms with van der Waals surface area (Å²) in [5, 5.41) is -0.253. The van der Waals surface area contributed by atoms with Crippen molar-refractivity contribution in [1.29, 1.82) is 0 Å². The zero-order valence-corrected chi connectivity index (χ0v) is 19.0. The van der Waals surface area contributed by atoms with Gasteiger partial charge in [-0.25, -0.2) is 0 Å². The number of hydrogen-bond donors (Lipinski definition) is 0. The Hall–Kier alpha value is -0.623. The second-order valence-electron chi connectivity index (χ2n) is 7.75. The molecule has 0 aromatic carbocycles. The van der Waals surface area contributed by atoms with Gasteiger partial charge in [-0.15, -0.1) is 0 Å². The number of rotatable bonds is 10. The Morgan fingerprint density at radius 3 is 1.69 bits per heavy atom. The third-order valence-corrected chi connectivity index (χ3v) is 11.1. The van der Waals surface area contributed by atoms with Gasteiger partial charge in [-0.3, -0.25) is 18.4 Å². The summed E-state index contributed by atoms with van der Waals surface area (Å²) in [7, 11) is -6.70. The molecule has 174 valence electrons. The summed E-state index contributed by atoms with van der Waals surface area (Å²) < 4.78 is 106. The summed E-state index contributed by atoms with van der Waals surface area (Å²) in [5.41, 5.74) is -2.01. The van der Waals surface area contributed by atoms with Crippen LogP contribution in [0.15, 0.2) is 0 Å². The number of carbonyl (C=O) groups excluding carboxylic acids is 1. The second-order valence-corrected chi connectivity index (χ2v) is 14.8. The molecule has 0 N–H and O–H groups in total. The Bertz CT molecular complexity index is 565. The molecule has 0 amide bonds. The van der Waals surface area contributed by atoms with Crippen LogP contribution in [-0.4, -0.2) is 59.2 Å². The van der Waals surface area contributed by atoms with Crippen LogP contribution in [0.1, 0.15) is 27.2 Å². The van der Waals surface area contributed by atoms with Crippen LogP contribution in [0, 0.1) is 0 Å². The van der Waals surface area contributed by atoms with Gasteiger partial charge in [0.15, 0.2) is 27.2 Å². The van der Waals surface area contributed by atoms with Gasteiger partial charge in [0, 0.05) is 6.61 Å². The molecule has 0 aromatic rings. The summed E-state index contributed by atoms with van der Waals surface area (Å²) in [6.45, 7) is 4.84. The first-order valence-electron chi connectivity index (χ1n) is 8.48. The van der Waals surface area contributed by atoms with Crippen LogP contribution < -0.4 is 0 Å². The summed E-state index contributed by atoms with van der Waals surface area (Å²) in [4.78, 5) is 12.0. The Morgan fingerprint density at radius 1 is 0.966 bits per heavy atom. The van der Waals surface area contributed by atoms with E-state index in [1.165, 1.54) is 0 Å². The topological polar surface area (TPSA) is 71.1 Å². The molecule has 14 heteroatoms. The van der Waals surface area contributed by atoms with Crippen molar-refractivity contribution >= 4 is 21.9 Å². The minimum atomic E-state index is -5.20. The predicted octanol–water partition coefficient (Wildman–Crippen LogP) is 5.29. The molecular formula is C15H27F6O6PSi. The highest BCUT2D eigenvalue weighted by Gasteiger charge is 2.47. The average molecular weight is 476 g/mol. The largest absolute Gasteiger partial charge is 0.468 e. The summed E-state index contributed by atoms with van der Waals surface area (Å²) in [6.07, 6.45) is -10.5. The van der Waals surface area contributed by atoms with Gasteiger partial charge < -0.3 is 9.16 Å². The molecule has 0 saturated carbocycles. The Morgan fingerprint density at radius 2 is 1.38 bits per heavy atom. The van der Waals surface area contributed by atoms with Crippen molar-refractivity contribution in [1.82, 2.24) is 0 Å². The first-order chi connectivity index (χ1) is 12.7. The summed E-state index contributed by atoms with van der Waals surface area (Å²) >= 11 is 0. The van der Waals surface area contributed by atoms with Gasteiger partial charge in [0.25, 0.3) is 0 Å². The zero-order valence-electron chi connectivity index (χ0n) is 17.1. The molecule has 0 radical (unpaired) electrons. The molecule has 0 aromatic heterocycles. The van der Waals surface area contributed by atoms with Gasteiger partial charge in [0.2, 0.25) is 0 Å². The predicted molar refractivity (Wildman–Crippen MR) is 95.2 cm³/mol. The molecule has 6 nitrogen and oxygen atoms in total. The maximum atomic E-state index is 12.8. The fraction of sp³-hybridized carbons (Fsp3) is 0.933. The maximum absolute atomic E-state index is 12.8. The summed E-state index contributed by atoms with van der Waals surface area (Å²) in [5.74, 6) is -1.32. The first kappa shape index (κ1) is 28.4. The number of methoxy groups -OCH3 is 1. The van der Waals surface area contributed by atoms with Crippen molar-refractivity contribution in [2.24, 2.45) is 0 Å². The minimum Gasteiger partial charge on any atom is -0.468 e. The van der Waals surface area contributed by atoms with Crippen LogP contribution in [0.3, 0.4) is 0 Å². The van der Waals surface area contributed by atoms with Crippen molar-refractivity contribution in [3.05, 3.63) is 0 Å². The fourth-order valence-corrected chi connectivity index (χ4v) is 4.66. The number of esters is 1. The van der Waals surface area contributed by atoms with Gasteiger partial charge in [-0.2, -0.15) is 26.3 Å². The van der Waals surface area contributed by atoms with E-state index >= 15 is 0 Å². The monoisotopic (exact) mass is 476 g/mol. The normalized spacial score (nSPS) is 15.3. The van der Waals surface area contributed by atoms with Gasteiger partial charge in [0.1, 0.15) is 0 Å². The Labute approximate surface area is 166 Å². The molecule has 0 aliphatic rings. The number of alkyl halides is 6. The van der Waals surface area contributed by atoms with Crippen molar-refractivity contribution in [3.63, 3.8) is 0 Å². The van der Waals surface area contributed by atoms with Crippen molar-refractivity contribution in [2.45, 2.75) is 63.3 Å². The molecular weight excluding hydrogens is 449 g/mol. The van der Waals surface area contributed by atoms with E-state index in [0.29, 0.717) is 0 Å². The van der Waals surface area contributed by atoms with E-state index in [9.17, 15) is 35.7 Å². The molecule has 0 fully saturated rings. The third kappa shape index (κ3) is 10.3. The molecule has 29 heavy (non-hydrogen) atoms. The van der Waals surface area contributed by atoms with E-state index in [1.807, 2.05) is 33.9 Å². The molecule has 0 aliphatic heterocycles. The van der Waals surface area contributed by atoms with Crippen LogP contribution in [0.4, 0.5) is 26.3 Å². The zero-order chi connectivity index (χ0) is 23.3. The van der Waals surface area contributed by atoms with Crippen molar-refractivity contribution in [2.75, 3.05) is 26.9 Å².